The van der Waals surface area contributed by atoms with Gasteiger partial charge in [-0.1, -0.05) is 24.3 Å². The van der Waals surface area contributed by atoms with Gasteiger partial charge < -0.3 is 20.5 Å². The number of rotatable bonds is 7. The molecule has 2 aromatic carbocycles. The minimum absolute atomic E-state index is 0.0137. The first-order chi connectivity index (χ1) is 15.1. The molecule has 0 saturated carbocycles. The Morgan fingerprint density at radius 1 is 0.969 bits per heavy atom. The number of ketones is 2. The van der Waals surface area contributed by atoms with Crippen molar-refractivity contribution in [3.05, 3.63) is 58.7 Å². The van der Waals surface area contributed by atoms with E-state index in [1.165, 1.54) is 24.3 Å². The maximum absolute atomic E-state index is 13.1. The van der Waals surface area contributed by atoms with E-state index < -0.39 is 41.0 Å². The van der Waals surface area contributed by atoms with Crippen LogP contribution in [0.3, 0.4) is 0 Å². The zero-order valence-electron chi connectivity index (χ0n) is 16.5. The summed E-state index contributed by atoms with van der Waals surface area (Å²) >= 11 is 0. The van der Waals surface area contributed by atoms with Gasteiger partial charge in [0.25, 0.3) is 0 Å². The molecule has 0 fully saturated rings. The number of benzene rings is 2. The highest BCUT2D eigenvalue weighted by Crippen LogP contribution is 2.38. The smallest absolute Gasteiger partial charge is 0.465 e. The Bertz CT molecular complexity index is 1100. The van der Waals surface area contributed by atoms with Gasteiger partial charge in [-0.2, -0.15) is 13.2 Å². The maximum atomic E-state index is 13.1. The SMILES string of the molecule is NCC(=O)OCCCNc1ccc(OC(=O)C(F)(F)F)c2c1C(=O)c1ccccc1C2=O. The Hall–Kier alpha value is -3.73. The lowest BCUT2D eigenvalue weighted by atomic mass is 9.82. The van der Waals surface area contributed by atoms with Gasteiger partial charge >= 0.3 is 18.1 Å². The van der Waals surface area contributed by atoms with Gasteiger partial charge in [0.1, 0.15) is 5.75 Å². The standard InChI is InChI=1S/C21H17F3N2O6/c22-21(23,24)20(30)32-14-7-6-13(26-8-3-9-31-15(27)10-25)16-17(14)19(29)12-5-2-1-4-11(12)18(16)28/h1-2,4-7,26H,3,8-10,25H2. The van der Waals surface area contributed by atoms with Crippen LogP contribution in [0.5, 0.6) is 5.75 Å². The predicted octanol–water partition coefficient (Wildman–Crippen LogP) is 2.23. The van der Waals surface area contributed by atoms with E-state index in [9.17, 15) is 32.3 Å². The van der Waals surface area contributed by atoms with Gasteiger partial charge in [0.2, 0.25) is 0 Å². The summed E-state index contributed by atoms with van der Waals surface area (Å²) in [6, 6.07) is 8.08. The molecule has 0 unspecified atom stereocenters. The van der Waals surface area contributed by atoms with E-state index in [-0.39, 0.29) is 42.1 Å². The predicted molar refractivity (Wildman–Crippen MR) is 105 cm³/mol. The molecule has 1 aliphatic carbocycles. The Labute approximate surface area is 179 Å². The average molecular weight is 450 g/mol. The summed E-state index contributed by atoms with van der Waals surface area (Å²) in [5.74, 6) is -5.13. The number of nitrogens with two attached hydrogens (primary N) is 1. The fourth-order valence-electron chi connectivity index (χ4n) is 3.12. The second-order valence-corrected chi connectivity index (χ2v) is 6.66. The number of alkyl halides is 3. The number of halogens is 3. The molecule has 32 heavy (non-hydrogen) atoms. The topological polar surface area (TPSA) is 125 Å². The molecule has 1 aliphatic rings. The summed E-state index contributed by atoms with van der Waals surface area (Å²) in [6.07, 6.45) is -4.96. The summed E-state index contributed by atoms with van der Waals surface area (Å²) in [6.45, 7) is -0.0215. The van der Waals surface area contributed by atoms with E-state index in [2.05, 4.69) is 10.1 Å². The van der Waals surface area contributed by atoms with Gasteiger partial charge in [-0.25, -0.2) is 4.79 Å². The summed E-state index contributed by atoms with van der Waals surface area (Å²) in [4.78, 5) is 48.5. The molecule has 0 heterocycles. The Morgan fingerprint density at radius 3 is 2.19 bits per heavy atom. The summed E-state index contributed by atoms with van der Waals surface area (Å²) in [7, 11) is 0. The average Bonchev–Trinajstić information content (AvgIpc) is 2.76. The lowest BCUT2D eigenvalue weighted by Gasteiger charge is -2.23. The van der Waals surface area contributed by atoms with Crippen LogP contribution in [0.1, 0.15) is 38.3 Å². The third-order valence-corrected chi connectivity index (χ3v) is 4.54. The van der Waals surface area contributed by atoms with Crippen molar-refractivity contribution in [3.8, 4) is 5.75 Å². The van der Waals surface area contributed by atoms with E-state index in [0.717, 1.165) is 6.07 Å². The zero-order chi connectivity index (χ0) is 23.5. The van der Waals surface area contributed by atoms with Crippen LogP contribution in [0.4, 0.5) is 18.9 Å². The number of carbonyl (C=O) groups excluding carboxylic acids is 4. The minimum Gasteiger partial charge on any atom is -0.465 e. The number of anilines is 1. The van der Waals surface area contributed by atoms with Crippen molar-refractivity contribution in [2.24, 2.45) is 5.73 Å². The molecule has 0 aliphatic heterocycles. The number of nitrogens with one attached hydrogen (secondary N) is 1. The van der Waals surface area contributed by atoms with Crippen molar-refractivity contribution in [1.82, 2.24) is 0 Å². The molecule has 0 radical (unpaired) electrons. The molecule has 0 atom stereocenters. The third kappa shape index (κ3) is 4.62. The molecule has 2 aromatic rings. The summed E-state index contributed by atoms with van der Waals surface area (Å²) in [5.41, 5.74) is 4.70. The number of carbonyl (C=O) groups is 4. The first-order valence-electron chi connectivity index (χ1n) is 9.39. The molecule has 0 aromatic heterocycles. The van der Waals surface area contributed by atoms with Crippen LogP contribution in [0, 0.1) is 0 Å². The van der Waals surface area contributed by atoms with Crippen LogP contribution >= 0.6 is 0 Å². The number of ether oxygens (including phenoxy) is 2. The molecule has 3 rings (SSSR count). The number of fused-ring (bicyclic) bond motifs is 2. The van der Waals surface area contributed by atoms with Gasteiger partial charge in [0.05, 0.1) is 24.3 Å². The quantitative estimate of drug-likeness (QED) is 0.319. The van der Waals surface area contributed by atoms with Gasteiger partial charge in [-0.15, -0.1) is 0 Å². The van der Waals surface area contributed by atoms with Crippen LogP contribution in [-0.4, -0.2) is 49.4 Å². The fourth-order valence-corrected chi connectivity index (χ4v) is 3.12. The van der Waals surface area contributed by atoms with Crippen LogP contribution < -0.4 is 15.8 Å². The van der Waals surface area contributed by atoms with Crippen LogP contribution in [0.2, 0.25) is 0 Å². The lowest BCUT2D eigenvalue weighted by Crippen LogP contribution is -2.30. The first kappa shape index (κ1) is 22.9. The first-order valence-corrected chi connectivity index (χ1v) is 9.39. The Balaban J connectivity index is 1.95. The van der Waals surface area contributed by atoms with Crippen molar-refractivity contribution < 1.29 is 41.8 Å². The minimum atomic E-state index is -5.29. The molecule has 0 bridgehead atoms. The highest BCUT2D eigenvalue weighted by Gasteiger charge is 2.43. The van der Waals surface area contributed by atoms with Gasteiger partial charge in [0.15, 0.2) is 11.6 Å². The molecule has 0 amide bonds. The summed E-state index contributed by atoms with van der Waals surface area (Å²) < 4.78 is 47.3. The van der Waals surface area contributed by atoms with Crippen molar-refractivity contribution in [2.45, 2.75) is 12.6 Å². The molecular formula is C21H17F3N2O6. The zero-order valence-corrected chi connectivity index (χ0v) is 16.5. The molecule has 0 saturated heterocycles. The molecule has 8 nitrogen and oxygen atoms in total. The fraction of sp³-hybridized carbons (Fsp3) is 0.238. The van der Waals surface area contributed by atoms with E-state index in [0.29, 0.717) is 6.42 Å². The van der Waals surface area contributed by atoms with Crippen molar-refractivity contribution >= 4 is 29.2 Å². The summed E-state index contributed by atoms with van der Waals surface area (Å²) in [5, 5.41) is 2.90. The highest BCUT2D eigenvalue weighted by molar-refractivity contribution is 6.31. The molecule has 0 spiro atoms. The van der Waals surface area contributed by atoms with Crippen molar-refractivity contribution in [3.63, 3.8) is 0 Å². The normalized spacial score (nSPS) is 12.6. The van der Waals surface area contributed by atoms with Crippen molar-refractivity contribution in [2.75, 3.05) is 25.0 Å². The second kappa shape index (κ2) is 9.18. The van der Waals surface area contributed by atoms with Gasteiger partial charge in [-0.3, -0.25) is 14.4 Å². The number of hydrogen-bond acceptors (Lipinski definition) is 8. The Kier molecular flexibility index (Phi) is 6.58. The van der Waals surface area contributed by atoms with Gasteiger partial charge in [-0.05, 0) is 18.6 Å². The highest BCUT2D eigenvalue weighted by atomic mass is 19.4. The molecular weight excluding hydrogens is 433 g/mol. The van der Waals surface area contributed by atoms with Crippen molar-refractivity contribution in [1.29, 1.82) is 0 Å². The van der Waals surface area contributed by atoms with Crippen LogP contribution in [-0.2, 0) is 14.3 Å². The largest absolute Gasteiger partial charge is 0.491 e. The number of esters is 2. The maximum Gasteiger partial charge on any atom is 0.491 e. The van der Waals surface area contributed by atoms with E-state index in [4.69, 9.17) is 10.5 Å². The Morgan fingerprint density at radius 2 is 1.59 bits per heavy atom. The third-order valence-electron chi connectivity index (χ3n) is 4.54. The van der Waals surface area contributed by atoms with E-state index in [1.54, 1.807) is 6.07 Å². The van der Waals surface area contributed by atoms with Crippen LogP contribution in [0.25, 0.3) is 0 Å². The monoisotopic (exact) mass is 450 g/mol. The van der Waals surface area contributed by atoms with Gasteiger partial charge in [0, 0.05) is 23.4 Å². The molecule has 3 N–H and O–H groups in total. The lowest BCUT2D eigenvalue weighted by molar-refractivity contribution is -0.189. The van der Waals surface area contributed by atoms with E-state index >= 15 is 0 Å². The molecule has 168 valence electrons. The van der Waals surface area contributed by atoms with E-state index in [1.807, 2.05) is 0 Å². The second-order valence-electron chi connectivity index (χ2n) is 6.66. The number of hydrogen-bond donors (Lipinski definition) is 2. The van der Waals surface area contributed by atoms with Crippen LogP contribution in [0.15, 0.2) is 36.4 Å². The molecule has 11 heteroatoms.